The summed E-state index contributed by atoms with van der Waals surface area (Å²) in [6, 6.07) is 67.3. The summed E-state index contributed by atoms with van der Waals surface area (Å²) >= 11 is 0. The monoisotopic (exact) mass is 754 g/mol. The van der Waals surface area contributed by atoms with Crippen molar-refractivity contribution in [1.82, 2.24) is 19.9 Å². The maximum atomic E-state index is 6.60. The molecule has 59 heavy (non-hydrogen) atoms. The van der Waals surface area contributed by atoms with Gasteiger partial charge in [-0.2, -0.15) is 0 Å². The van der Waals surface area contributed by atoms with E-state index in [4.69, 9.17) is 24.4 Å². The molecular formula is C54H34N4O. The average Bonchev–Trinajstić information content (AvgIpc) is 3.71. The van der Waals surface area contributed by atoms with Crippen LogP contribution in [-0.2, 0) is 0 Å². The number of hydrogen-bond acceptors (Lipinski definition) is 5. The van der Waals surface area contributed by atoms with E-state index in [-0.39, 0.29) is 0 Å². The first kappa shape index (κ1) is 34.2. The molecular weight excluding hydrogens is 721 g/mol. The summed E-state index contributed by atoms with van der Waals surface area (Å²) in [5.41, 5.74) is 14.1. The molecule has 0 amide bonds. The SMILES string of the molecule is c1ccc(-c2nc(-c3cc(-c4ccccn4)cc(-c4ccccn4)c3)cc(-c3cc(-c4ccc5ccccc5c4)cc(-c4cccc5c4oc4ccccc45)c3)n2)cc1. The van der Waals surface area contributed by atoms with Crippen LogP contribution in [0.25, 0.3) is 111 Å². The van der Waals surface area contributed by atoms with Crippen molar-refractivity contribution in [2.24, 2.45) is 0 Å². The molecule has 0 aliphatic carbocycles. The first-order chi connectivity index (χ1) is 29.2. The van der Waals surface area contributed by atoms with Gasteiger partial charge in [-0.1, -0.05) is 115 Å². The summed E-state index contributed by atoms with van der Waals surface area (Å²) in [6.45, 7) is 0. The normalized spacial score (nSPS) is 11.4. The average molecular weight is 755 g/mol. The van der Waals surface area contributed by atoms with Crippen LogP contribution in [0.5, 0.6) is 0 Å². The summed E-state index contributed by atoms with van der Waals surface area (Å²) in [5.74, 6) is 0.637. The van der Waals surface area contributed by atoms with Crippen LogP contribution in [0.15, 0.2) is 211 Å². The number of hydrogen-bond donors (Lipinski definition) is 0. The third-order valence-corrected chi connectivity index (χ3v) is 10.9. The molecule has 0 saturated heterocycles. The van der Waals surface area contributed by atoms with Gasteiger partial charge in [0.1, 0.15) is 11.2 Å². The number of benzene rings is 7. The molecule has 0 aliphatic rings. The van der Waals surface area contributed by atoms with Gasteiger partial charge in [0.25, 0.3) is 0 Å². The number of fused-ring (bicyclic) bond motifs is 4. The second kappa shape index (κ2) is 14.5. The van der Waals surface area contributed by atoms with Crippen LogP contribution in [0.1, 0.15) is 0 Å². The molecule has 5 heteroatoms. The van der Waals surface area contributed by atoms with E-state index in [9.17, 15) is 0 Å². The maximum absolute atomic E-state index is 6.60. The Hall–Kier alpha value is -8.02. The van der Waals surface area contributed by atoms with E-state index in [1.807, 2.05) is 79.1 Å². The second-order valence-corrected chi connectivity index (χ2v) is 14.7. The lowest BCUT2D eigenvalue weighted by molar-refractivity contribution is 0.670. The fourth-order valence-corrected chi connectivity index (χ4v) is 8.04. The number of para-hydroxylation sites is 2. The molecule has 0 N–H and O–H groups in total. The topological polar surface area (TPSA) is 64.7 Å². The number of aromatic nitrogens is 4. The van der Waals surface area contributed by atoms with E-state index >= 15 is 0 Å². The van der Waals surface area contributed by atoms with Gasteiger partial charge in [-0.15, -0.1) is 0 Å². The molecule has 5 nitrogen and oxygen atoms in total. The minimum absolute atomic E-state index is 0.637. The number of nitrogens with zero attached hydrogens (tertiary/aromatic N) is 4. The minimum Gasteiger partial charge on any atom is -0.455 e. The van der Waals surface area contributed by atoms with Crippen molar-refractivity contribution in [2.45, 2.75) is 0 Å². The number of rotatable bonds is 7. The Morgan fingerprint density at radius 3 is 1.61 bits per heavy atom. The third kappa shape index (κ3) is 6.51. The molecule has 0 radical (unpaired) electrons. The Bertz CT molecular complexity index is 3270. The van der Waals surface area contributed by atoms with Gasteiger partial charge in [0.05, 0.1) is 22.8 Å². The molecule has 0 atom stereocenters. The molecule has 7 aromatic carbocycles. The molecule has 0 fully saturated rings. The van der Waals surface area contributed by atoms with Crippen LogP contribution >= 0.6 is 0 Å². The predicted molar refractivity (Wildman–Crippen MR) is 240 cm³/mol. The lowest BCUT2D eigenvalue weighted by Gasteiger charge is -2.15. The lowest BCUT2D eigenvalue weighted by atomic mass is 9.92. The van der Waals surface area contributed by atoms with Gasteiger partial charge in [0.15, 0.2) is 5.82 Å². The van der Waals surface area contributed by atoms with Gasteiger partial charge < -0.3 is 4.42 Å². The summed E-state index contributed by atoms with van der Waals surface area (Å²) in [7, 11) is 0. The molecule has 0 bridgehead atoms. The van der Waals surface area contributed by atoms with Gasteiger partial charge in [0.2, 0.25) is 0 Å². The Morgan fingerprint density at radius 1 is 0.322 bits per heavy atom. The van der Waals surface area contributed by atoms with Gasteiger partial charge in [-0.05, 0) is 106 Å². The molecule has 0 spiro atoms. The first-order valence-corrected chi connectivity index (χ1v) is 19.7. The van der Waals surface area contributed by atoms with Crippen molar-refractivity contribution in [1.29, 1.82) is 0 Å². The highest BCUT2D eigenvalue weighted by atomic mass is 16.3. The van der Waals surface area contributed by atoms with Crippen molar-refractivity contribution in [3.8, 4) is 78.7 Å². The van der Waals surface area contributed by atoms with Crippen molar-refractivity contribution in [3.63, 3.8) is 0 Å². The fraction of sp³-hybridized carbons (Fsp3) is 0. The van der Waals surface area contributed by atoms with Crippen LogP contribution < -0.4 is 0 Å². The van der Waals surface area contributed by atoms with Crippen LogP contribution in [0, 0.1) is 0 Å². The molecule has 11 aromatic rings. The van der Waals surface area contributed by atoms with Gasteiger partial charge in [0, 0.05) is 56.5 Å². The Labute approximate surface area is 341 Å². The van der Waals surface area contributed by atoms with Crippen LogP contribution in [0.3, 0.4) is 0 Å². The standard InChI is InChI=1S/C54H34N4O/c1-2-14-36(15-3-1)54-57-50(34-51(58-54)44-32-41(48-20-8-10-25-55-48)31-42(33-44)49-21-9-11-26-56-49)43-29-39(38-24-23-35-13-4-5-16-37(35)27-38)28-40(30-43)45-18-12-19-47-46-17-6-7-22-52(46)59-53(45)47/h1-34H. The quantitative estimate of drug-likeness (QED) is 0.162. The zero-order valence-corrected chi connectivity index (χ0v) is 31.8. The van der Waals surface area contributed by atoms with E-state index in [1.54, 1.807) is 0 Å². The van der Waals surface area contributed by atoms with Crippen LogP contribution in [0.4, 0.5) is 0 Å². The van der Waals surface area contributed by atoms with Crippen LogP contribution in [0.2, 0.25) is 0 Å². The van der Waals surface area contributed by atoms with Crippen LogP contribution in [-0.4, -0.2) is 19.9 Å². The van der Waals surface area contributed by atoms with Gasteiger partial charge in [-0.25, -0.2) is 9.97 Å². The Balaban J connectivity index is 1.16. The Kier molecular flexibility index (Phi) is 8.41. The summed E-state index contributed by atoms with van der Waals surface area (Å²) < 4.78 is 6.60. The molecule has 0 saturated carbocycles. The third-order valence-electron chi connectivity index (χ3n) is 10.9. The van der Waals surface area contributed by atoms with Crippen molar-refractivity contribution < 1.29 is 4.42 Å². The van der Waals surface area contributed by atoms with Crippen molar-refractivity contribution >= 4 is 32.7 Å². The smallest absolute Gasteiger partial charge is 0.160 e. The van der Waals surface area contributed by atoms with Gasteiger partial charge in [-0.3, -0.25) is 9.97 Å². The highest BCUT2D eigenvalue weighted by Gasteiger charge is 2.18. The van der Waals surface area contributed by atoms with Crippen molar-refractivity contribution in [2.75, 3.05) is 0 Å². The molecule has 4 heterocycles. The van der Waals surface area contributed by atoms with E-state index < -0.39 is 0 Å². The second-order valence-electron chi connectivity index (χ2n) is 14.7. The zero-order chi connectivity index (χ0) is 39.1. The predicted octanol–water partition coefficient (Wildman–Crippen LogP) is 14.0. The minimum atomic E-state index is 0.637. The number of furan rings is 1. The molecule has 11 rings (SSSR count). The highest BCUT2D eigenvalue weighted by Crippen LogP contribution is 2.41. The first-order valence-electron chi connectivity index (χ1n) is 19.7. The summed E-state index contributed by atoms with van der Waals surface area (Å²) in [5, 5.41) is 4.57. The summed E-state index contributed by atoms with van der Waals surface area (Å²) in [6.07, 6.45) is 3.65. The zero-order valence-electron chi connectivity index (χ0n) is 31.8. The van der Waals surface area contributed by atoms with E-state index in [0.717, 1.165) is 94.8 Å². The van der Waals surface area contributed by atoms with E-state index in [0.29, 0.717) is 5.82 Å². The Morgan fingerprint density at radius 2 is 0.898 bits per heavy atom. The maximum Gasteiger partial charge on any atom is 0.160 e. The fourth-order valence-electron chi connectivity index (χ4n) is 8.04. The molecule has 4 aromatic heterocycles. The molecule has 0 aliphatic heterocycles. The molecule has 276 valence electrons. The van der Waals surface area contributed by atoms with E-state index in [2.05, 4.69) is 127 Å². The number of pyridine rings is 2. The van der Waals surface area contributed by atoms with Gasteiger partial charge >= 0.3 is 0 Å². The van der Waals surface area contributed by atoms with Crippen molar-refractivity contribution in [3.05, 3.63) is 207 Å². The molecule has 0 unspecified atom stereocenters. The highest BCUT2D eigenvalue weighted by molar-refractivity contribution is 6.10. The lowest BCUT2D eigenvalue weighted by Crippen LogP contribution is -1.97. The largest absolute Gasteiger partial charge is 0.455 e. The summed E-state index contributed by atoms with van der Waals surface area (Å²) in [4.78, 5) is 20.0. The van der Waals surface area contributed by atoms with E-state index in [1.165, 1.54) is 10.8 Å².